The van der Waals surface area contributed by atoms with Crippen LogP contribution in [-0.4, -0.2) is 51.0 Å². The topological polar surface area (TPSA) is 126 Å². The van der Waals surface area contributed by atoms with Crippen molar-refractivity contribution in [3.63, 3.8) is 0 Å². The zero-order valence-corrected chi connectivity index (χ0v) is 16.7. The number of hydrogen-bond acceptors (Lipinski definition) is 6. The predicted molar refractivity (Wildman–Crippen MR) is 100 cm³/mol. The summed E-state index contributed by atoms with van der Waals surface area (Å²) in [6.07, 6.45) is 6.70. The van der Waals surface area contributed by atoms with E-state index in [0.29, 0.717) is 24.7 Å². The quantitative estimate of drug-likeness (QED) is 0.614. The average Bonchev–Trinajstić information content (AvgIpc) is 2.99. The molecule has 1 fully saturated rings. The summed E-state index contributed by atoms with van der Waals surface area (Å²) >= 11 is 0. The Bertz CT molecular complexity index is 680. The molecule has 28 heavy (non-hydrogen) atoms. The van der Waals surface area contributed by atoms with Gasteiger partial charge >= 0.3 is 5.97 Å². The van der Waals surface area contributed by atoms with Gasteiger partial charge in [-0.2, -0.15) is 4.98 Å². The van der Waals surface area contributed by atoms with Crippen molar-refractivity contribution in [2.45, 2.75) is 77.2 Å². The van der Waals surface area contributed by atoms with E-state index in [1.165, 1.54) is 11.8 Å². The molecule has 2 amide bonds. The molecule has 0 aliphatic heterocycles. The fourth-order valence-electron chi connectivity index (χ4n) is 3.72. The Morgan fingerprint density at radius 2 is 1.89 bits per heavy atom. The molecule has 9 heteroatoms. The van der Waals surface area contributed by atoms with Crippen molar-refractivity contribution in [3.8, 4) is 0 Å². The summed E-state index contributed by atoms with van der Waals surface area (Å²) in [5.41, 5.74) is -0.619. The van der Waals surface area contributed by atoms with Crippen LogP contribution in [0, 0.1) is 0 Å². The van der Waals surface area contributed by atoms with Crippen molar-refractivity contribution in [3.05, 3.63) is 11.7 Å². The molecule has 0 unspecified atom stereocenters. The number of aryl methyl sites for hydroxylation is 1. The summed E-state index contributed by atoms with van der Waals surface area (Å²) in [5, 5.41) is 16.1. The molecule has 9 nitrogen and oxygen atoms in total. The van der Waals surface area contributed by atoms with Crippen LogP contribution in [0.1, 0.15) is 76.9 Å². The molecule has 0 aromatic carbocycles. The molecule has 2 N–H and O–H groups in total. The molecule has 2 rings (SSSR count). The molecule has 1 aromatic heterocycles. The predicted octanol–water partition coefficient (Wildman–Crippen LogP) is 2.01. The van der Waals surface area contributed by atoms with Crippen molar-refractivity contribution in [1.29, 1.82) is 0 Å². The molecule has 1 aromatic rings. The molecule has 1 saturated carbocycles. The monoisotopic (exact) mass is 394 g/mol. The zero-order valence-electron chi connectivity index (χ0n) is 16.7. The van der Waals surface area contributed by atoms with Crippen LogP contribution in [-0.2, 0) is 26.3 Å². The van der Waals surface area contributed by atoms with Crippen LogP contribution in [0.25, 0.3) is 0 Å². The smallest absolute Gasteiger partial charge is 0.323 e. The highest BCUT2D eigenvalue weighted by Crippen LogP contribution is 2.34. The number of nitrogens with zero attached hydrogens (tertiary/aromatic N) is 3. The number of nitrogens with one attached hydrogen (secondary N) is 1. The third-order valence-electron chi connectivity index (χ3n) is 4.99. The number of rotatable bonds is 9. The van der Waals surface area contributed by atoms with Gasteiger partial charge < -0.3 is 19.8 Å². The van der Waals surface area contributed by atoms with E-state index in [2.05, 4.69) is 15.5 Å². The lowest BCUT2D eigenvalue weighted by Crippen LogP contribution is -2.45. The molecule has 0 saturated heterocycles. The highest BCUT2D eigenvalue weighted by molar-refractivity contribution is 5.81. The number of aromatic nitrogens is 2. The van der Waals surface area contributed by atoms with Crippen molar-refractivity contribution < 1.29 is 24.0 Å². The van der Waals surface area contributed by atoms with Gasteiger partial charge in [0.25, 0.3) is 0 Å². The normalized spacial score (nSPS) is 16.2. The molecule has 1 aliphatic rings. The maximum atomic E-state index is 12.3. The van der Waals surface area contributed by atoms with E-state index in [-0.39, 0.29) is 31.2 Å². The largest absolute Gasteiger partial charge is 0.480 e. The number of carbonyl (C=O) groups excluding carboxylic acids is 2. The number of carboxylic acids is 1. The molecular formula is C19H30N4O5. The number of carboxylic acid groups (broad SMARTS) is 1. The van der Waals surface area contributed by atoms with Crippen LogP contribution >= 0.6 is 0 Å². The summed E-state index contributed by atoms with van der Waals surface area (Å²) in [6, 6.07) is 0. The first-order valence-electron chi connectivity index (χ1n) is 9.97. The van der Waals surface area contributed by atoms with Crippen LogP contribution in [0.2, 0.25) is 0 Å². The Morgan fingerprint density at radius 3 is 2.46 bits per heavy atom. The minimum atomic E-state index is -1.03. The van der Waals surface area contributed by atoms with Gasteiger partial charge in [0.1, 0.15) is 12.1 Å². The summed E-state index contributed by atoms with van der Waals surface area (Å²) in [7, 11) is 0. The van der Waals surface area contributed by atoms with Gasteiger partial charge in [-0.3, -0.25) is 14.4 Å². The minimum Gasteiger partial charge on any atom is -0.480 e. The second-order valence-corrected chi connectivity index (χ2v) is 7.40. The maximum Gasteiger partial charge on any atom is 0.323 e. The van der Waals surface area contributed by atoms with E-state index in [0.717, 1.165) is 38.5 Å². The number of amides is 2. The van der Waals surface area contributed by atoms with Gasteiger partial charge in [-0.25, -0.2) is 0 Å². The lowest BCUT2D eigenvalue weighted by molar-refractivity contribution is -0.144. The van der Waals surface area contributed by atoms with Crippen molar-refractivity contribution in [2.24, 2.45) is 0 Å². The summed E-state index contributed by atoms with van der Waals surface area (Å²) < 4.78 is 5.34. The van der Waals surface area contributed by atoms with E-state index in [1.807, 2.05) is 6.92 Å². The van der Waals surface area contributed by atoms with Gasteiger partial charge in [0.2, 0.25) is 17.7 Å². The van der Waals surface area contributed by atoms with Gasteiger partial charge in [-0.1, -0.05) is 37.8 Å². The summed E-state index contributed by atoms with van der Waals surface area (Å²) in [4.78, 5) is 40.8. The summed E-state index contributed by atoms with van der Waals surface area (Å²) in [6.45, 7) is 3.46. The van der Waals surface area contributed by atoms with Gasteiger partial charge in [0, 0.05) is 26.3 Å². The Labute approximate surface area is 164 Å². The van der Waals surface area contributed by atoms with E-state index in [1.54, 1.807) is 0 Å². The SMILES string of the molecule is CCCN(CC(=O)O)C(=O)CCc1nc(C2(NC(C)=O)CCCCCC2)no1. The number of carbonyl (C=O) groups is 3. The molecule has 0 radical (unpaired) electrons. The fraction of sp³-hybridized carbons (Fsp3) is 0.737. The lowest BCUT2D eigenvalue weighted by atomic mass is 9.89. The fourth-order valence-corrected chi connectivity index (χ4v) is 3.72. The average molecular weight is 394 g/mol. The number of hydrogen-bond donors (Lipinski definition) is 2. The highest BCUT2D eigenvalue weighted by Gasteiger charge is 2.38. The molecular weight excluding hydrogens is 364 g/mol. The van der Waals surface area contributed by atoms with Crippen LogP contribution in [0.15, 0.2) is 4.52 Å². The molecule has 0 bridgehead atoms. The highest BCUT2D eigenvalue weighted by atomic mass is 16.5. The van der Waals surface area contributed by atoms with E-state index in [4.69, 9.17) is 9.63 Å². The second-order valence-electron chi connectivity index (χ2n) is 7.40. The van der Waals surface area contributed by atoms with E-state index >= 15 is 0 Å². The second kappa shape index (κ2) is 10.2. The van der Waals surface area contributed by atoms with Gasteiger partial charge in [0.15, 0.2) is 5.82 Å². The molecule has 156 valence electrons. The third kappa shape index (κ3) is 6.03. The number of aliphatic carboxylic acids is 1. The first-order chi connectivity index (χ1) is 13.4. The van der Waals surface area contributed by atoms with Crippen LogP contribution in [0.3, 0.4) is 0 Å². The van der Waals surface area contributed by atoms with Gasteiger partial charge in [-0.05, 0) is 19.3 Å². The first-order valence-corrected chi connectivity index (χ1v) is 9.97. The molecule has 1 aliphatic carbocycles. The maximum absolute atomic E-state index is 12.3. The Hall–Kier alpha value is -2.45. The van der Waals surface area contributed by atoms with Crippen LogP contribution in [0.5, 0.6) is 0 Å². The van der Waals surface area contributed by atoms with Crippen LogP contribution < -0.4 is 5.32 Å². The molecule has 1 heterocycles. The lowest BCUT2D eigenvalue weighted by Gasteiger charge is -2.30. The minimum absolute atomic E-state index is 0.0993. The standard InChI is InChI=1S/C19H30N4O5/c1-3-12-23(13-17(26)27)16(25)9-8-15-20-18(22-28-15)19(21-14(2)24)10-6-4-5-7-11-19/h3-13H2,1-2H3,(H,21,24)(H,26,27). The Balaban J connectivity index is 2.06. The molecule has 0 atom stereocenters. The Morgan fingerprint density at radius 1 is 1.21 bits per heavy atom. The van der Waals surface area contributed by atoms with Crippen molar-refractivity contribution >= 4 is 17.8 Å². The zero-order chi connectivity index (χ0) is 20.6. The van der Waals surface area contributed by atoms with Crippen LogP contribution in [0.4, 0.5) is 0 Å². The third-order valence-corrected chi connectivity index (χ3v) is 4.99. The van der Waals surface area contributed by atoms with E-state index < -0.39 is 11.5 Å². The van der Waals surface area contributed by atoms with Crippen molar-refractivity contribution in [2.75, 3.05) is 13.1 Å². The van der Waals surface area contributed by atoms with E-state index in [9.17, 15) is 14.4 Å². The Kier molecular flexibility index (Phi) is 7.95. The van der Waals surface area contributed by atoms with Gasteiger partial charge in [-0.15, -0.1) is 0 Å². The molecule has 0 spiro atoms. The van der Waals surface area contributed by atoms with Gasteiger partial charge in [0.05, 0.1) is 0 Å². The summed E-state index contributed by atoms with van der Waals surface area (Å²) in [5.74, 6) is -0.637. The van der Waals surface area contributed by atoms with Crippen molar-refractivity contribution in [1.82, 2.24) is 20.4 Å². The first kappa shape index (κ1) is 21.8.